The second-order valence-corrected chi connectivity index (χ2v) is 6.72. The van der Waals surface area contributed by atoms with Crippen molar-refractivity contribution in [1.29, 1.82) is 0 Å². The molecule has 114 valence electrons. The maximum atomic E-state index is 12.1. The van der Waals surface area contributed by atoms with Crippen molar-refractivity contribution in [3.63, 3.8) is 0 Å². The van der Waals surface area contributed by atoms with Crippen molar-refractivity contribution in [2.45, 2.75) is 57.5 Å². The quantitative estimate of drug-likeness (QED) is 0.822. The topological polar surface area (TPSA) is 57.5 Å². The number of aliphatic carboxylic acids is 1. The van der Waals surface area contributed by atoms with Gasteiger partial charge in [-0.25, -0.2) is 0 Å². The predicted molar refractivity (Wildman–Crippen MR) is 81.1 cm³/mol. The van der Waals surface area contributed by atoms with Gasteiger partial charge in [-0.2, -0.15) is 0 Å². The molecular formula is C18H24O3. The van der Waals surface area contributed by atoms with Crippen LogP contribution >= 0.6 is 0 Å². The second kappa shape index (κ2) is 5.80. The Morgan fingerprint density at radius 2 is 1.81 bits per heavy atom. The van der Waals surface area contributed by atoms with Crippen LogP contribution in [-0.4, -0.2) is 22.3 Å². The van der Waals surface area contributed by atoms with Crippen LogP contribution in [0, 0.1) is 11.3 Å². The Kier molecular flexibility index (Phi) is 4.03. The number of aliphatic hydroxyl groups is 1. The molecular weight excluding hydrogens is 264 g/mol. The highest BCUT2D eigenvalue weighted by atomic mass is 16.4. The fourth-order valence-corrected chi connectivity index (χ4v) is 4.35. The summed E-state index contributed by atoms with van der Waals surface area (Å²) in [6.45, 7) is 0. The number of rotatable bonds is 2. The van der Waals surface area contributed by atoms with Crippen LogP contribution in [0.4, 0.5) is 0 Å². The van der Waals surface area contributed by atoms with E-state index in [1.54, 1.807) is 0 Å². The highest BCUT2D eigenvalue weighted by Crippen LogP contribution is 2.47. The van der Waals surface area contributed by atoms with Crippen molar-refractivity contribution >= 4 is 5.97 Å². The van der Waals surface area contributed by atoms with E-state index in [1.807, 2.05) is 12.1 Å². The van der Waals surface area contributed by atoms with Crippen LogP contribution < -0.4 is 0 Å². The summed E-state index contributed by atoms with van der Waals surface area (Å²) >= 11 is 0. The summed E-state index contributed by atoms with van der Waals surface area (Å²) in [6.07, 6.45) is 6.33. The van der Waals surface area contributed by atoms with Gasteiger partial charge in [0.1, 0.15) is 0 Å². The number of carboxylic acids is 1. The number of aryl methyl sites for hydroxylation is 1. The Morgan fingerprint density at radius 3 is 2.57 bits per heavy atom. The molecule has 2 N–H and O–H groups in total. The SMILES string of the molecule is O=C(O)C1(C2CCCCCC2O)CCc2ccccc2C1. The van der Waals surface area contributed by atoms with Crippen molar-refractivity contribution < 1.29 is 15.0 Å². The van der Waals surface area contributed by atoms with E-state index in [2.05, 4.69) is 12.1 Å². The fourth-order valence-electron chi connectivity index (χ4n) is 4.35. The summed E-state index contributed by atoms with van der Waals surface area (Å²) in [7, 11) is 0. The number of hydrogen-bond acceptors (Lipinski definition) is 2. The molecule has 1 aromatic rings. The van der Waals surface area contributed by atoms with E-state index in [0.717, 1.165) is 44.1 Å². The van der Waals surface area contributed by atoms with Crippen molar-refractivity contribution in [3.8, 4) is 0 Å². The van der Waals surface area contributed by atoms with Gasteiger partial charge in [-0.05, 0) is 43.2 Å². The Morgan fingerprint density at radius 1 is 1.10 bits per heavy atom. The van der Waals surface area contributed by atoms with Crippen LogP contribution in [0.2, 0.25) is 0 Å². The van der Waals surface area contributed by atoms with Crippen LogP contribution in [0.5, 0.6) is 0 Å². The monoisotopic (exact) mass is 288 g/mol. The normalized spacial score (nSPS) is 33.0. The fraction of sp³-hybridized carbons (Fsp3) is 0.611. The molecule has 3 nitrogen and oxygen atoms in total. The van der Waals surface area contributed by atoms with E-state index in [1.165, 1.54) is 5.56 Å². The largest absolute Gasteiger partial charge is 0.481 e. The van der Waals surface area contributed by atoms with Gasteiger partial charge in [-0.15, -0.1) is 0 Å². The van der Waals surface area contributed by atoms with E-state index >= 15 is 0 Å². The first-order valence-electron chi connectivity index (χ1n) is 8.12. The lowest BCUT2D eigenvalue weighted by Crippen LogP contribution is -2.47. The summed E-state index contributed by atoms with van der Waals surface area (Å²) in [6, 6.07) is 8.16. The van der Waals surface area contributed by atoms with E-state index in [4.69, 9.17) is 0 Å². The van der Waals surface area contributed by atoms with Gasteiger partial charge in [0.2, 0.25) is 0 Å². The average Bonchev–Trinajstić information content (AvgIpc) is 2.71. The van der Waals surface area contributed by atoms with Crippen molar-refractivity contribution in [2.24, 2.45) is 11.3 Å². The molecule has 21 heavy (non-hydrogen) atoms. The summed E-state index contributed by atoms with van der Waals surface area (Å²) in [5, 5.41) is 20.5. The van der Waals surface area contributed by atoms with Gasteiger partial charge in [0.15, 0.2) is 0 Å². The minimum atomic E-state index is -0.780. The van der Waals surface area contributed by atoms with Crippen LogP contribution in [0.25, 0.3) is 0 Å². The summed E-state index contributed by atoms with van der Waals surface area (Å²) in [5.74, 6) is -0.825. The molecule has 3 rings (SSSR count). The van der Waals surface area contributed by atoms with Crippen molar-refractivity contribution in [1.82, 2.24) is 0 Å². The Bertz CT molecular complexity index is 525. The highest BCUT2D eigenvalue weighted by molar-refractivity contribution is 5.76. The zero-order valence-corrected chi connectivity index (χ0v) is 12.4. The number of aliphatic hydroxyl groups excluding tert-OH is 1. The minimum absolute atomic E-state index is 0.106. The molecule has 2 aliphatic rings. The second-order valence-electron chi connectivity index (χ2n) is 6.72. The predicted octanol–water partition coefficient (Wildman–Crippen LogP) is 3.19. The molecule has 0 aromatic heterocycles. The maximum Gasteiger partial charge on any atom is 0.310 e. The zero-order valence-electron chi connectivity index (χ0n) is 12.4. The van der Waals surface area contributed by atoms with Gasteiger partial charge in [-0.3, -0.25) is 4.79 Å². The summed E-state index contributed by atoms with van der Waals surface area (Å²) < 4.78 is 0. The molecule has 3 unspecified atom stereocenters. The lowest BCUT2D eigenvalue weighted by Gasteiger charge is -2.42. The van der Waals surface area contributed by atoms with Crippen LogP contribution in [0.1, 0.15) is 49.7 Å². The molecule has 0 heterocycles. The standard InChI is InChI=1S/C18H24O3/c19-16-9-3-1-2-8-15(16)18(17(20)21)11-10-13-6-4-5-7-14(13)12-18/h4-7,15-16,19H,1-3,8-12H2,(H,20,21). The lowest BCUT2D eigenvalue weighted by atomic mass is 9.61. The lowest BCUT2D eigenvalue weighted by molar-refractivity contribution is -0.158. The summed E-state index contributed by atoms with van der Waals surface area (Å²) in [4.78, 5) is 12.1. The van der Waals surface area contributed by atoms with Gasteiger partial charge >= 0.3 is 5.97 Å². The number of carbonyl (C=O) groups is 1. The molecule has 1 saturated carbocycles. The first-order chi connectivity index (χ1) is 10.1. The molecule has 3 atom stereocenters. The third kappa shape index (κ3) is 2.59. The summed E-state index contributed by atoms with van der Waals surface area (Å²) in [5.41, 5.74) is 1.65. The Labute approximate surface area is 126 Å². The van der Waals surface area contributed by atoms with Gasteiger partial charge in [0.25, 0.3) is 0 Å². The first kappa shape index (κ1) is 14.6. The molecule has 0 aliphatic heterocycles. The number of fused-ring (bicyclic) bond motifs is 1. The molecule has 0 bridgehead atoms. The van der Waals surface area contributed by atoms with Crippen LogP contribution in [0.15, 0.2) is 24.3 Å². The van der Waals surface area contributed by atoms with Crippen molar-refractivity contribution in [2.75, 3.05) is 0 Å². The van der Waals surface area contributed by atoms with E-state index in [9.17, 15) is 15.0 Å². The third-order valence-corrected chi connectivity index (χ3v) is 5.58. The zero-order chi connectivity index (χ0) is 14.9. The minimum Gasteiger partial charge on any atom is -0.481 e. The van der Waals surface area contributed by atoms with Gasteiger partial charge in [0.05, 0.1) is 11.5 Å². The van der Waals surface area contributed by atoms with E-state index < -0.39 is 17.5 Å². The third-order valence-electron chi connectivity index (χ3n) is 5.58. The van der Waals surface area contributed by atoms with E-state index in [0.29, 0.717) is 12.8 Å². The van der Waals surface area contributed by atoms with Gasteiger partial charge in [-0.1, -0.05) is 43.5 Å². The number of benzene rings is 1. The molecule has 1 aromatic carbocycles. The number of hydrogen-bond donors (Lipinski definition) is 2. The Hall–Kier alpha value is -1.35. The van der Waals surface area contributed by atoms with Gasteiger partial charge < -0.3 is 10.2 Å². The molecule has 3 heteroatoms. The smallest absolute Gasteiger partial charge is 0.310 e. The first-order valence-corrected chi connectivity index (χ1v) is 8.12. The molecule has 0 amide bonds. The molecule has 0 spiro atoms. The molecule has 1 fully saturated rings. The molecule has 2 aliphatic carbocycles. The molecule has 0 radical (unpaired) electrons. The van der Waals surface area contributed by atoms with Gasteiger partial charge in [0, 0.05) is 5.92 Å². The Balaban J connectivity index is 1.96. The van der Waals surface area contributed by atoms with Crippen LogP contribution in [-0.2, 0) is 17.6 Å². The van der Waals surface area contributed by atoms with E-state index in [-0.39, 0.29) is 5.92 Å². The average molecular weight is 288 g/mol. The number of carboxylic acid groups (broad SMARTS) is 1. The highest BCUT2D eigenvalue weighted by Gasteiger charge is 2.50. The van der Waals surface area contributed by atoms with Crippen LogP contribution in [0.3, 0.4) is 0 Å². The maximum absolute atomic E-state index is 12.1. The molecule has 0 saturated heterocycles. The van der Waals surface area contributed by atoms with Crippen molar-refractivity contribution in [3.05, 3.63) is 35.4 Å².